The molecule has 1 aromatic carbocycles. The summed E-state index contributed by atoms with van der Waals surface area (Å²) in [6, 6.07) is 10.8. The molecule has 7 heteroatoms. The van der Waals surface area contributed by atoms with Crippen LogP contribution in [0.3, 0.4) is 0 Å². The normalized spacial score (nSPS) is 19.2. The molecule has 2 heterocycles. The second-order valence-corrected chi connectivity index (χ2v) is 8.24. The van der Waals surface area contributed by atoms with Gasteiger partial charge in [0, 0.05) is 42.4 Å². The molecule has 0 amide bonds. The van der Waals surface area contributed by atoms with Crippen LogP contribution in [-0.2, 0) is 4.74 Å². The highest BCUT2D eigenvalue weighted by Crippen LogP contribution is 2.29. The van der Waals surface area contributed by atoms with Crippen LogP contribution in [0.4, 0.5) is 0 Å². The second kappa shape index (κ2) is 10.8. The van der Waals surface area contributed by atoms with Gasteiger partial charge in [-0.1, -0.05) is 18.2 Å². The molecule has 3 rings (SSSR count). The average molecular weight is 405 g/mol. The van der Waals surface area contributed by atoms with E-state index in [1.54, 1.807) is 18.4 Å². The molecule has 1 saturated heterocycles. The van der Waals surface area contributed by atoms with Crippen molar-refractivity contribution in [3.8, 4) is 0 Å². The Morgan fingerprint density at radius 1 is 1.39 bits per heavy atom. The number of guanidine groups is 1. The van der Waals surface area contributed by atoms with Crippen molar-refractivity contribution in [2.75, 3.05) is 46.4 Å². The van der Waals surface area contributed by atoms with Crippen molar-refractivity contribution < 1.29 is 9.84 Å². The maximum absolute atomic E-state index is 10.6. The number of aliphatic hydroxyl groups excluding tert-OH is 1. The summed E-state index contributed by atoms with van der Waals surface area (Å²) < 4.78 is 6.42. The van der Waals surface area contributed by atoms with Gasteiger partial charge in [-0.3, -0.25) is 9.89 Å². The molecule has 3 N–H and O–H groups in total. The third kappa shape index (κ3) is 5.67. The quantitative estimate of drug-likeness (QED) is 0.443. The van der Waals surface area contributed by atoms with E-state index in [-0.39, 0.29) is 0 Å². The van der Waals surface area contributed by atoms with Crippen LogP contribution >= 0.6 is 11.3 Å². The van der Waals surface area contributed by atoms with Crippen LogP contribution in [0.15, 0.2) is 35.3 Å². The van der Waals surface area contributed by atoms with E-state index in [1.807, 2.05) is 12.1 Å². The minimum absolute atomic E-state index is 0.347. The van der Waals surface area contributed by atoms with E-state index < -0.39 is 6.10 Å². The number of aliphatic hydroxyl groups is 1. The first-order chi connectivity index (χ1) is 13.7. The number of hydrogen-bond donors (Lipinski definition) is 3. The number of nitrogens with one attached hydrogen (secondary N) is 2. The molecule has 1 fully saturated rings. The van der Waals surface area contributed by atoms with Crippen molar-refractivity contribution >= 4 is 27.4 Å². The fourth-order valence-electron chi connectivity index (χ4n) is 3.62. The third-order valence-corrected chi connectivity index (χ3v) is 6.34. The number of hydrogen-bond acceptors (Lipinski definition) is 5. The van der Waals surface area contributed by atoms with Crippen LogP contribution in [0.1, 0.15) is 30.7 Å². The molecule has 6 nitrogen and oxygen atoms in total. The molecule has 0 aliphatic carbocycles. The topological polar surface area (TPSA) is 69.1 Å². The first-order valence-corrected chi connectivity index (χ1v) is 10.9. The Morgan fingerprint density at radius 2 is 2.25 bits per heavy atom. The van der Waals surface area contributed by atoms with E-state index in [2.05, 4.69) is 45.6 Å². The number of thiophene rings is 1. The molecule has 1 aliphatic heterocycles. The monoisotopic (exact) mass is 404 g/mol. The van der Waals surface area contributed by atoms with E-state index in [1.165, 1.54) is 22.9 Å². The minimum Gasteiger partial charge on any atom is -0.386 e. The highest BCUT2D eigenvalue weighted by atomic mass is 32.1. The smallest absolute Gasteiger partial charge is 0.191 e. The van der Waals surface area contributed by atoms with Crippen molar-refractivity contribution in [1.82, 2.24) is 15.5 Å². The Kier molecular flexibility index (Phi) is 8.09. The van der Waals surface area contributed by atoms with Gasteiger partial charge in [-0.25, -0.2) is 0 Å². The molecule has 0 radical (unpaired) electrons. The second-order valence-electron chi connectivity index (χ2n) is 7.13. The number of likely N-dealkylation sites (tertiary alicyclic amines) is 1. The molecule has 28 heavy (non-hydrogen) atoms. The molecule has 1 aromatic heterocycles. The Morgan fingerprint density at radius 3 is 3.04 bits per heavy atom. The number of ether oxygens (including phenoxy) is 1. The SMILES string of the molecule is CCNC(=NCC(O)c1cc2ccccc2s1)NCC1CCCN1CCOC. The number of methoxy groups -OCH3 is 1. The Hall–Kier alpha value is -1.67. The lowest BCUT2D eigenvalue weighted by atomic mass is 10.2. The maximum atomic E-state index is 10.6. The molecular formula is C21H32N4O2S. The molecule has 0 saturated carbocycles. The molecule has 154 valence electrons. The molecule has 2 unspecified atom stereocenters. The fourth-order valence-corrected chi connectivity index (χ4v) is 4.66. The van der Waals surface area contributed by atoms with Gasteiger partial charge in [0.2, 0.25) is 0 Å². The lowest BCUT2D eigenvalue weighted by Crippen LogP contribution is -2.45. The first kappa shape index (κ1) is 21.0. The van der Waals surface area contributed by atoms with Gasteiger partial charge >= 0.3 is 0 Å². The summed E-state index contributed by atoms with van der Waals surface area (Å²) in [6.45, 7) is 6.93. The number of nitrogens with zero attached hydrogens (tertiary/aromatic N) is 2. The number of benzene rings is 1. The van der Waals surface area contributed by atoms with Gasteiger partial charge in [0.25, 0.3) is 0 Å². The lowest BCUT2D eigenvalue weighted by molar-refractivity contribution is 0.141. The van der Waals surface area contributed by atoms with E-state index in [0.717, 1.165) is 43.6 Å². The first-order valence-electron chi connectivity index (χ1n) is 10.1. The van der Waals surface area contributed by atoms with Gasteiger partial charge in [0.1, 0.15) is 6.10 Å². The van der Waals surface area contributed by atoms with Gasteiger partial charge in [-0.15, -0.1) is 11.3 Å². The van der Waals surface area contributed by atoms with Gasteiger partial charge in [-0.2, -0.15) is 0 Å². The molecule has 1 aliphatic rings. The van der Waals surface area contributed by atoms with Crippen molar-refractivity contribution in [3.63, 3.8) is 0 Å². The molecule has 2 atom stereocenters. The van der Waals surface area contributed by atoms with E-state index in [0.29, 0.717) is 12.6 Å². The van der Waals surface area contributed by atoms with Crippen molar-refractivity contribution in [1.29, 1.82) is 0 Å². The van der Waals surface area contributed by atoms with Crippen molar-refractivity contribution in [3.05, 3.63) is 35.2 Å². The van der Waals surface area contributed by atoms with Gasteiger partial charge in [-0.05, 0) is 43.8 Å². The van der Waals surface area contributed by atoms with E-state index >= 15 is 0 Å². The van der Waals surface area contributed by atoms with Crippen molar-refractivity contribution in [2.24, 2.45) is 4.99 Å². The predicted molar refractivity (Wildman–Crippen MR) is 117 cm³/mol. The summed E-state index contributed by atoms with van der Waals surface area (Å²) in [4.78, 5) is 8.05. The van der Waals surface area contributed by atoms with Crippen LogP contribution in [-0.4, -0.2) is 68.4 Å². The van der Waals surface area contributed by atoms with Crippen LogP contribution in [0, 0.1) is 0 Å². The summed E-state index contributed by atoms with van der Waals surface area (Å²) in [5.74, 6) is 0.765. The average Bonchev–Trinajstić information content (AvgIpc) is 3.34. The van der Waals surface area contributed by atoms with Crippen LogP contribution < -0.4 is 10.6 Å². The predicted octanol–water partition coefficient (Wildman–Crippen LogP) is 2.60. The summed E-state index contributed by atoms with van der Waals surface area (Å²) >= 11 is 1.63. The van der Waals surface area contributed by atoms with E-state index in [4.69, 9.17) is 4.74 Å². The van der Waals surface area contributed by atoms with Crippen molar-refractivity contribution in [2.45, 2.75) is 31.9 Å². The third-order valence-electron chi connectivity index (χ3n) is 5.13. The van der Waals surface area contributed by atoms with Gasteiger partial charge < -0.3 is 20.5 Å². The van der Waals surface area contributed by atoms with Crippen LogP contribution in [0.5, 0.6) is 0 Å². The summed E-state index contributed by atoms with van der Waals surface area (Å²) in [5, 5.41) is 18.5. The minimum atomic E-state index is -0.586. The van der Waals surface area contributed by atoms with Crippen LogP contribution in [0.2, 0.25) is 0 Å². The Labute approximate surface area is 171 Å². The highest BCUT2D eigenvalue weighted by Gasteiger charge is 2.24. The highest BCUT2D eigenvalue weighted by molar-refractivity contribution is 7.19. The summed E-state index contributed by atoms with van der Waals surface area (Å²) in [5.41, 5.74) is 0. The maximum Gasteiger partial charge on any atom is 0.191 e. The number of fused-ring (bicyclic) bond motifs is 1. The standard InChI is InChI=1S/C21H32N4O2S/c1-3-22-21(23-14-17-8-6-10-25(17)11-12-27-2)24-15-18(26)20-13-16-7-4-5-9-19(16)28-20/h4-5,7,9,13,17-18,26H,3,6,8,10-12,14-15H2,1-2H3,(H2,22,23,24). The number of rotatable bonds is 9. The number of aliphatic imine (C=N–C) groups is 1. The fraction of sp³-hybridized carbons (Fsp3) is 0.571. The van der Waals surface area contributed by atoms with E-state index in [9.17, 15) is 5.11 Å². The molecule has 0 spiro atoms. The van der Waals surface area contributed by atoms with Crippen LogP contribution in [0.25, 0.3) is 10.1 Å². The Balaban J connectivity index is 1.55. The zero-order valence-corrected chi connectivity index (χ0v) is 17.7. The summed E-state index contributed by atoms with van der Waals surface area (Å²) in [7, 11) is 1.75. The molecular weight excluding hydrogens is 372 g/mol. The molecule has 0 bridgehead atoms. The zero-order chi connectivity index (χ0) is 19.8. The van der Waals surface area contributed by atoms with Gasteiger partial charge in [0.15, 0.2) is 5.96 Å². The van der Waals surface area contributed by atoms with Gasteiger partial charge in [0.05, 0.1) is 13.2 Å². The zero-order valence-electron chi connectivity index (χ0n) is 16.9. The summed E-state index contributed by atoms with van der Waals surface area (Å²) in [6.07, 6.45) is 1.84. The lowest BCUT2D eigenvalue weighted by Gasteiger charge is -2.25. The Bertz CT molecular complexity index is 731. The molecule has 2 aromatic rings. The largest absolute Gasteiger partial charge is 0.386 e.